The Morgan fingerprint density at radius 2 is 2.09 bits per heavy atom. The topological polar surface area (TPSA) is 71.8 Å². The van der Waals surface area contributed by atoms with Gasteiger partial charge in [-0.15, -0.1) is 6.42 Å². The summed E-state index contributed by atoms with van der Waals surface area (Å²) in [6.45, 7) is 1.92. The highest BCUT2D eigenvalue weighted by atomic mass is 35.5. The molecule has 3 N–H and O–H groups in total. The number of hydrogen-bond donors (Lipinski definition) is 2. The van der Waals surface area contributed by atoms with E-state index in [0.29, 0.717) is 16.4 Å². The SMILES string of the molecule is C#Cc1nc2cc(Cl)ccc2[nH]1.Cc1cccc(C(N)=O)c1. The molecule has 1 amide bonds. The fraction of sp³-hybridized carbons (Fsp3) is 0.0588. The summed E-state index contributed by atoms with van der Waals surface area (Å²) in [5, 5.41) is 0.664. The predicted molar refractivity (Wildman–Crippen MR) is 88.7 cm³/mol. The minimum Gasteiger partial charge on any atom is -0.366 e. The van der Waals surface area contributed by atoms with Crippen LogP contribution in [0.15, 0.2) is 42.5 Å². The van der Waals surface area contributed by atoms with Crippen LogP contribution < -0.4 is 5.73 Å². The molecule has 0 bridgehead atoms. The van der Waals surface area contributed by atoms with Gasteiger partial charge in [-0.1, -0.05) is 29.3 Å². The van der Waals surface area contributed by atoms with E-state index in [4.69, 9.17) is 23.8 Å². The van der Waals surface area contributed by atoms with Gasteiger partial charge in [-0.2, -0.15) is 0 Å². The number of nitrogens with zero attached hydrogens (tertiary/aromatic N) is 1. The first kappa shape index (κ1) is 15.6. The molecule has 0 atom stereocenters. The number of rotatable bonds is 1. The molecule has 5 heteroatoms. The molecule has 1 aromatic heterocycles. The molecule has 3 aromatic rings. The van der Waals surface area contributed by atoms with Crippen molar-refractivity contribution in [1.82, 2.24) is 9.97 Å². The number of terminal acetylenes is 1. The molecule has 4 nitrogen and oxygen atoms in total. The predicted octanol–water partition coefficient (Wildman–Crippen LogP) is 3.29. The van der Waals surface area contributed by atoms with Crippen molar-refractivity contribution in [3.8, 4) is 12.3 Å². The lowest BCUT2D eigenvalue weighted by molar-refractivity contribution is 0.1000. The molecule has 1 heterocycles. The van der Waals surface area contributed by atoms with Gasteiger partial charge in [0.05, 0.1) is 11.0 Å². The number of amides is 1. The van der Waals surface area contributed by atoms with Gasteiger partial charge in [0.1, 0.15) is 0 Å². The van der Waals surface area contributed by atoms with Crippen molar-refractivity contribution in [1.29, 1.82) is 0 Å². The van der Waals surface area contributed by atoms with Crippen LogP contribution in [0, 0.1) is 19.3 Å². The zero-order valence-corrected chi connectivity index (χ0v) is 12.7. The molecule has 0 saturated carbocycles. The average Bonchev–Trinajstić information content (AvgIpc) is 2.90. The third-order valence-corrected chi connectivity index (χ3v) is 3.12. The van der Waals surface area contributed by atoms with Gasteiger partial charge in [0.15, 0.2) is 5.82 Å². The van der Waals surface area contributed by atoms with Crippen LogP contribution in [0.4, 0.5) is 0 Å². The minimum absolute atomic E-state index is 0.372. The maximum Gasteiger partial charge on any atom is 0.248 e. The number of imidazole rings is 1. The Morgan fingerprint density at radius 1 is 1.32 bits per heavy atom. The number of carbonyl (C=O) groups is 1. The third kappa shape index (κ3) is 3.87. The molecule has 0 spiro atoms. The van der Waals surface area contributed by atoms with Crippen LogP contribution in [0.3, 0.4) is 0 Å². The summed E-state index contributed by atoms with van der Waals surface area (Å²) in [5.74, 6) is 2.59. The molecule has 0 saturated heterocycles. The van der Waals surface area contributed by atoms with E-state index in [0.717, 1.165) is 16.6 Å². The molecule has 0 unspecified atom stereocenters. The molecule has 22 heavy (non-hydrogen) atoms. The Hall–Kier alpha value is -2.77. The van der Waals surface area contributed by atoms with Gasteiger partial charge in [0.2, 0.25) is 5.91 Å². The first-order valence-corrected chi connectivity index (χ1v) is 6.86. The van der Waals surface area contributed by atoms with Gasteiger partial charge in [-0.3, -0.25) is 4.79 Å². The lowest BCUT2D eigenvalue weighted by Gasteiger charge is -1.94. The van der Waals surface area contributed by atoms with E-state index in [1.165, 1.54) is 0 Å². The molecule has 0 fully saturated rings. The molecule has 0 aliphatic rings. The van der Waals surface area contributed by atoms with Gasteiger partial charge in [-0.05, 0) is 43.2 Å². The van der Waals surface area contributed by atoms with Gasteiger partial charge in [-0.25, -0.2) is 4.98 Å². The zero-order chi connectivity index (χ0) is 16.1. The van der Waals surface area contributed by atoms with Crippen LogP contribution in [0.25, 0.3) is 11.0 Å². The number of H-pyrrole nitrogens is 1. The van der Waals surface area contributed by atoms with Gasteiger partial charge in [0.25, 0.3) is 0 Å². The van der Waals surface area contributed by atoms with Crippen LogP contribution in [0.2, 0.25) is 5.02 Å². The Balaban J connectivity index is 0.000000164. The normalized spacial score (nSPS) is 9.68. The summed E-state index contributed by atoms with van der Waals surface area (Å²) in [5.41, 5.74) is 8.38. The Labute approximate surface area is 133 Å². The molecule has 2 aromatic carbocycles. The first-order chi connectivity index (χ1) is 10.5. The number of fused-ring (bicyclic) bond motifs is 1. The summed E-state index contributed by atoms with van der Waals surface area (Å²) < 4.78 is 0. The Kier molecular flexibility index (Phi) is 4.82. The van der Waals surface area contributed by atoms with Crippen molar-refractivity contribution in [2.75, 3.05) is 0 Å². The number of nitrogens with two attached hydrogens (primary N) is 1. The fourth-order valence-electron chi connectivity index (χ4n) is 1.85. The maximum absolute atomic E-state index is 10.6. The van der Waals surface area contributed by atoms with E-state index in [1.807, 2.05) is 25.1 Å². The summed E-state index contributed by atoms with van der Waals surface area (Å²) in [6, 6.07) is 12.6. The van der Waals surface area contributed by atoms with E-state index in [9.17, 15) is 4.79 Å². The number of aromatic nitrogens is 2. The quantitative estimate of drug-likeness (QED) is 0.677. The summed E-state index contributed by atoms with van der Waals surface area (Å²) >= 11 is 5.77. The van der Waals surface area contributed by atoms with Gasteiger partial charge < -0.3 is 10.7 Å². The summed E-state index contributed by atoms with van der Waals surface area (Å²) in [4.78, 5) is 17.7. The largest absolute Gasteiger partial charge is 0.366 e. The number of carbonyl (C=O) groups excluding carboxylic acids is 1. The van der Waals surface area contributed by atoms with Gasteiger partial charge in [0, 0.05) is 10.6 Å². The number of aryl methyl sites for hydroxylation is 1. The van der Waals surface area contributed by atoms with Crippen molar-refractivity contribution >= 4 is 28.5 Å². The molecule has 0 aliphatic carbocycles. The molecule has 110 valence electrons. The Morgan fingerprint density at radius 3 is 2.68 bits per heavy atom. The van der Waals surface area contributed by atoms with Crippen LogP contribution in [-0.2, 0) is 0 Å². The van der Waals surface area contributed by atoms with E-state index in [1.54, 1.807) is 24.3 Å². The second kappa shape index (κ2) is 6.79. The summed E-state index contributed by atoms with van der Waals surface area (Å²) in [7, 11) is 0. The fourth-order valence-corrected chi connectivity index (χ4v) is 2.01. The van der Waals surface area contributed by atoms with E-state index < -0.39 is 0 Å². The smallest absolute Gasteiger partial charge is 0.248 e. The molecule has 0 radical (unpaired) electrons. The monoisotopic (exact) mass is 311 g/mol. The zero-order valence-electron chi connectivity index (χ0n) is 11.9. The van der Waals surface area contributed by atoms with Crippen molar-refractivity contribution in [3.05, 3.63) is 64.4 Å². The van der Waals surface area contributed by atoms with Crippen LogP contribution in [-0.4, -0.2) is 15.9 Å². The molecular formula is C17H14ClN3O. The summed E-state index contributed by atoms with van der Waals surface area (Å²) in [6.07, 6.45) is 5.17. The number of aromatic amines is 1. The lowest BCUT2D eigenvalue weighted by Crippen LogP contribution is -2.10. The van der Waals surface area contributed by atoms with Crippen LogP contribution in [0.1, 0.15) is 21.7 Å². The first-order valence-electron chi connectivity index (χ1n) is 6.48. The van der Waals surface area contributed by atoms with E-state index >= 15 is 0 Å². The van der Waals surface area contributed by atoms with E-state index in [-0.39, 0.29) is 5.91 Å². The second-order valence-corrected chi connectivity index (χ2v) is 5.06. The number of benzene rings is 2. The van der Waals surface area contributed by atoms with Crippen molar-refractivity contribution in [3.63, 3.8) is 0 Å². The van der Waals surface area contributed by atoms with E-state index in [2.05, 4.69) is 15.9 Å². The standard InChI is InChI=1S/C9H5ClN2.C8H9NO/c1-2-9-11-7-4-3-6(10)5-8(7)12-9;1-6-3-2-4-7(5-6)8(9)10/h1,3-5H,(H,11,12);2-5H,1H3,(H2,9,10). The van der Waals surface area contributed by atoms with Gasteiger partial charge >= 0.3 is 0 Å². The highest BCUT2D eigenvalue weighted by Gasteiger charge is 1.99. The highest BCUT2D eigenvalue weighted by molar-refractivity contribution is 6.31. The van der Waals surface area contributed by atoms with Crippen molar-refractivity contribution in [2.45, 2.75) is 6.92 Å². The molecular weight excluding hydrogens is 298 g/mol. The number of primary amides is 1. The molecule has 0 aliphatic heterocycles. The number of nitrogens with one attached hydrogen (secondary N) is 1. The number of hydrogen-bond acceptors (Lipinski definition) is 2. The third-order valence-electron chi connectivity index (χ3n) is 2.88. The maximum atomic E-state index is 10.6. The van der Waals surface area contributed by atoms with Crippen LogP contribution in [0.5, 0.6) is 0 Å². The second-order valence-electron chi connectivity index (χ2n) is 4.62. The number of halogens is 1. The van der Waals surface area contributed by atoms with Crippen molar-refractivity contribution in [2.24, 2.45) is 5.73 Å². The lowest BCUT2D eigenvalue weighted by atomic mass is 10.1. The Bertz CT molecular complexity index is 862. The van der Waals surface area contributed by atoms with Crippen molar-refractivity contribution < 1.29 is 4.79 Å². The average molecular weight is 312 g/mol. The minimum atomic E-state index is -0.372. The highest BCUT2D eigenvalue weighted by Crippen LogP contribution is 2.16. The van der Waals surface area contributed by atoms with Crippen LogP contribution >= 0.6 is 11.6 Å². The molecule has 3 rings (SSSR count).